The van der Waals surface area contributed by atoms with Gasteiger partial charge in [0.05, 0.1) is 17.3 Å². The Morgan fingerprint density at radius 3 is 2.78 bits per heavy atom. The van der Waals surface area contributed by atoms with Crippen molar-refractivity contribution in [2.24, 2.45) is 0 Å². The molecule has 5 heteroatoms. The van der Waals surface area contributed by atoms with Crippen molar-refractivity contribution >= 4 is 17.4 Å². The van der Waals surface area contributed by atoms with Gasteiger partial charge in [-0.25, -0.2) is 4.98 Å². The van der Waals surface area contributed by atoms with Crippen LogP contribution in [0.3, 0.4) is 0 Å². The highest BCUT2D eigenvalue weighted by molar-refractivity contribution is 6.31. The van der Waals surface area contributed by atoms with Crippen LogP contribution in [-0.2, 0) is 11.3 Å². The topological polar surface area (TPSA) is 37.4 Å². The van der Waals surface area contributed by atoms with Gasteiger partial charge in [-0.05, 0) is 25.6 Å². The molecule has 1 heterocycles. The summed E-state index contributed by atoms with van der Waals surface area (Å²) in [6.07, 6.45) is 0. The largest absolute Gasteiger partial charge is 0.380 e. The minimum Gasteiger partial charge on any atom is -0.380 e. The summed E-state index contributed by atoms with van der Waals surface area (Å²) in [5.74, 6) is 0.843. The quantitative estimate of drug-likeness (QED) is 0.738. The second-order valence-corrected chi connectivity index (χ2v) is 4.35. The van der Waals surface area contributed by atoms with E-state index in [0.717, 1.165) is 44.4 Å². The van der Waals surface area contributed by atoms with E-state index in [1.54, 1.807) is 0 Å². The lowest BCUT2D eigenvalue weighted by molar-refractivity contribution is 0.112. The Hall–Kier alpha value is -0.840. The van der Waals surface area contributed by atoms with E-state index < -0.39 is 0 Å². The van der Waals surface area contributed by atoms with Gasteiger partial charge in [0.1, 0.15) is 5.82 Å². The summed E-state index contributed by atoms with van der Waals surface area (Å²) < 4.78 is 5.37. The number of likely N-dealkylation sites (N-methyl/N-ethyl adjacent to an activating group) is 1. The number of anilines is 1. The number of nitrogens with zero attached hydrogens (tertiary/aromatic N) is 2. The summed E-state index contributed by atoms with van der Waals surface area (Å²) in [5, 5.41) is 3.74. The molecule has 1 aromatic heterocycles. The van der Waals surface area contributed by atoms with Crippen molar-refractivity contribution in [1.29, 1.82) is 0 Å². The van der Waals surface area contributed by atoms with Crippen LogP contribution in [0, 0.1) is 0 Å². The molecule has 0 atom stereocenters. The highest BCUT2D eigenvalue weighted by Gasteiger charge is 2.09. The average molecular weight is 272 g/mol. The fourth-order valence-electron chi connectivity index (χ4n) is 1.63. The van der Waals surface area contributed by atoms with Gasteiger partial charge in [0.25, 0.3) is 0 Å². The Bertz CT molecular complexity index is 360. The van der Waals surface area contributed by atoms with Crippen molar-refractivity contribution in [3.63, 3.8) is 0 Å². The average Bonchev–Trinajstić information content (AvgIpc) is 2.40. The van der Waals surface area contributed by atoms with Gasteiger partial charge >= 0.3 is 0 Å². The van der Waals surface area contributed by atoms with Gasteiger partial charge in [-0.2, -0.15) is 0 Å². The van der Waals surface area contributed by atoms with E-state index in [1.165, 1.54) is 0 Å². The summed E-state index contributed by atoms with van der Waals surface area (Å²) in [6.45, 7) is 8.23. The summed E-state index contributed by atoms with van der Waals surface area (Å²) >= 11 is 6.17. The van der Waals surface area contributed by atoms with Crippen LogP contribution in [0.1, 0.15) is 19.5 Å². The molecule has 0 bridgehead atoms. The van der Waals surface area contributed by atoms with Gasteiger partial charge < -0.3 is 10.1 Å². The number of nitrogens with one attached hydrogen (secondary N) is 1. The first-order chi connectivity index (χ1) is 8.71. The second-order valence-electron chi connectivity index (χ2n) is 3.94. The maximum atomic E-state index is 6.17. The van der Waals surface area contributed by atoms with Crippen LogP contribution in [0.5, 0.6) is 0 Å². The van der Waals surface area contributed by atoms with E-state index in [0.29, 0.717) is 5.02 Å². The predicted octanol–water partition coefficient (Wildman–Crippen LogP) is 2.64. The maximum Gasteiger partial charge on any atom is 0.126 e. The molecule has 1 rings (SSSR count). The summed E-state index contributed by atoms with van der Waals surface area (Å²) in [4.78, 5) is 6.75. The number of ether oxygens (including phenoxy) is 1. The lowest BCUT2D eigenvalue weighted by Gasteiger charge is -2.20. The van der Waals surface area contributed by atoms with Gasteiger partial charge in [-0.15, -0.1) is 0 Å². The van der Waals surface area contributed by atoms with Crippen LogP contribution in [0.15, 0.2) is 12.1 Å². The Morgan fingerprint density at radius 1 is 1.39 bits per heavy atom. The molecule has 0 fully saturated rings. The number of hydrogen-bond donors (Lipinski definition) is 1. The van der Waals surface area contributed by atoms with Crippen LogP contribution in [0.2, 0.25) is 5.02 Å². The molecule has 0 aliphatic carbocycles. The smallest absolute Gasteiger partial charge is 0.126 e. The van der Waals surface area contributed by atoms with Crippen LogP contribution >= 0.6 is 11.6 Å². The fourth-order valence-corrected chi connectivity index (χ4v) is 1.80. The molecule has 1 aromatic rings. The van der Waals surface area contributed by atoms with Crippen LogP contribution in [0.4, 0.5) is 5.82 Å². The van der Waals surface area contributed by atoms with Gasteiger partial charge in [-0.1, -0.05) is 18.5 Å². The van der Waals surface area contributed by atoms with Gasteiger partial charge in [-0.3, -0.25) is 4.90 Å². The maximum absolute atomic E-state index is 6.17. The molecule has 0 saturated heterocycles. The summed E-state index contributed by atoms with van der Waals surface area (Å²) in [6, 6.07) is 3.76. The number of hydrogen-bond acceptors (Lipinski definition) is 4. The zero-order valence-corrected chi connectivity index (χ0v) is 12.1. The van der Waals surface area contributed by atoms with Gasteiger partial charge in [0.15, 0.2) is 0 Å². The van der Waals surface area contributed by atoms with Crippen molar-refractivity contribution in [1.82, 2.24) is 9.88 Å². The molecule has 0 spiro atoms. The van der Waals surface area contributed by atoms with Crippen molar-refractivity contribution in [3.8, 4) is 0 Å². The molecule has 0 aromatic carbocycles. The molecule has 0 amide bonds. The van der Waals surface area contributed by atoms with Crippen LogP contribution in [0.25, 0.3) is 0 Å². The van der Waals surface area contributed by atoms with E-state index >= 15 is 0 Å². The third-order valence-corrected chi connectivity index (χ3v) is 3.10. The van der Waals surface area contributed by atoms with E-state index in [2.05, 4.69) is 22.1 Å². The lowest BCUT2D eigenvalue weighted by atomic mass is 10.3. The first kappa shape index (κ1) is 15.2. The fraction of sp³-hybridized carbons (Fsp3) is 0.615. The Labute approximate surface area is 114 Å². The van der Waals surface area contributed by atoms with Crippen molar-refractivity contribution < 1.29 is 4.74 Å². The van der Waals surface area contributed by atoms with Crippen molar-refractivity contribution in [2.45, 2.75) is 20.4 Å². The molecule has 0 saturated carbocycles. The Kier molecular flexibility index (Phi) is 7.01. The summed E-state index contributed by atoms with van der Waals surface area (Å²) in [5.41, 5.74) is 0.905. The minimum absolute atomic E-state index is 0.712. The molecular weight excluding hydrogens is 250 g/mol. The predicted molar refractivity (Wildman–Crippen MR) is 76.2 cm³/mol. The zero-order valence-electron chi connectivity index (χ0n) is 11.4. The molecule has 0 radical (unpaired) electrons. The van der Waals surface area contributed by atoms with Gasteiger partial charge in [0, 0.05) is 26.7 Å². The van der Waals surface area contributed by atoms with E-state index in [4.69, 9.17) is 16.3 Å². The molecule has 4 nitrogen and oxygen atoms in total. The molecule has 18 heavy (non-hydrogen) atoms. The Morgan fingerprint density at radius 2 is 2.17 bits per heavy atom. The third-order valence-electron chi connectivity index (χ3n) is 2.75. The first-order valence-electron chi connectivity index (χ1n) is 6.34. The monoisotopic (exact) mass is 271 g/mol. The summed E-state index contributed by atoms with van der Waals surface area (Å²) in [7, 11) is 1.85. The van der Waals surface area contributed by atoms with E-state index in [9.17, 15) is 0 Å². The highest BCUT2D eigenvalue weighted by atomic mass is 35.5. The molecule has 102 valence electrons. The minimum atomic E-state index is 0.712. The number of pyridine rings is 1. The van der Waals surface area contributed by atoms with Crippen molar-refractivity contribution in [2.75, 3.05) is 38.7 Å². The molecule has 0 unspecified atom stereocenters. The lowest BCUT2D eigenvalue weighted by Crippen LogP contribution is -2.27. The normalized spacial score (nSPS) is 10.9. The third kappa shape index (κ3) is 4.80. The number of rotatable bonds is 8. The van der Waals surface area contributed by atoms with Gasteiger partial charge in [0.2, 0.25) is 0 Å². The number of halogens is 1. The molecule has 0 aliphatic rings. The SMILES string of the molecule is CCOCCN(CC)Cc1nc(NC)ccc1Cl. The molecule has 1 N–H and O–H groups in total. The van der Waals surface area contributed by atoms with Crippen LogP contribution in [-0.4, -0.2) is 43.2 Å². The van der Waals surface area contributed by atoms with Crippen molar-refractivity contribution in [3.05, 3.63) is 22.8 Å². The number of aromatic nitrogens is 1. The standard InChI is InChI=1S/C13H22ClN3O/c1-4-17(8-9-18-5-2)10-12-11(14)6-7-13(15-3)16-12/h6-7H,4-5,8-10H2,1-3H3,(H,15,16). The first-order valence-corrected chi connectivity index (χ1v) is 6.72. The Balaban J connectivity index is 2.62. The second kappa shape index (κ2) is 8.29. The highest BCUT2D eigenvalue weighted by Crippen LogP contribution is 2.18. The molecular formula is C13H22ClN3O. The van der Waals surface area contributed by atoms with E-state index in [1.807, 2.05) is 26.1 Å². The van der Waals surface area contributed by atoms with E-state index in [-0.39, 0.29) is 0 Å². The van der Waals surface area contributed by atoms with Crippen LogP contribution < -0.4 is 5.32 Å². The molecule has 0 aliphatic heterocycles. The zero-order chi connectivity index (χ0) is 13.4.